The summed E-state index contributed by atoms with van der Waals surface area (Å²) in [6.07, 6.45) is 5.72. The van der Waals surface area contributed by atoms with Gasteiger partial charge in [0.05, 0.1) is 6.54 Å². The first-order valence-corrected chi connectivity index (χ1v) is 10.8. The summed E-state index contributed by atoms with van der Waals surface area (Å²) in [7, 11) is 0. The SMILES string of the molecule is CCNC(=NCc1ccc(CN2CCCC2=O)cc1)NCCN1CCCCC1. The van der Waals surface area contributed by atoms with Crippen molar-refractivity contribution < 1.29 is 4.79 Å². The number of rotatable bonds is 8. The van der Waals surface area contributed by atoms with Crippen LogP contribution in [0.25, 0.3) is 0 Å². The molecule has 1 aromatic carbocycles. The lowest BCUT2D eigenvalue weighted by Gasteiger charge is -2.26. The number of carbonyl (C=O) groups is 1. The minimum atomic E-state index is 0.277. The summed E-state index contributed by atoms with van der Waals surface area (Å²) in [5, 5.41) is 6.79. The van der Waals surface area contributed by atoms with Crippen molar-refractivity contribution >= 4 is 11.9 Å². The fourth-order valence-electron chi connectivity index (χ4n) is 3.87. The average molecular weight is 386 g/mol. The van der Waals surface area contributed by atoms with Crippen LogP contribution in [-0.2, 0) is 17.9 Å². The maximum absolute atomic E-state index is 11.8. The fourth-order valence-corrected chi connectivity index (χ4v) is 3.87. The van der Waals surface area contributed by atoms with Crippen LogP contribution in [0.2, 0.25) is 0 Å². The molecule has 0 radical (unpaired) electrons. The number of nitrogens with zero attached hydrogens (tertiary/aromatic N) is 3. The molecular formula is C22H35N5O. The van der Waals surface area contributed by atoms with Gasteiger partial charge in [0.2, 0.25) is 5.91 Å². The maximum Gasteiger partial charge on any atom is 0.222 e. The molecule has 1 aromatic rings. The van der Waals surface area contributed by atoms with E-state index < -0.39 is 0 Å². The first-order valence-electron chi connectivity index (χ1n) is 10.8. The highest BCUT2D eigenvalue weighted by atomic mass is 16.2. The van der Waals surface area contributed by atoms with E-state index in [1.807, 2.05) is 4.90 Å². The van der Waals surface area contributed by atoms with E-state index in [1.165, 1.54) is 43.5 Å². The molecule has 0 unspecified atom stereocenters. The van der Waals surface area contributed by atoms with Crippen LogP contribution < -0.4 is 10.6 Å². The number of hydrogen-bond acceptors (Lipinski definition) is 3. The second kappa shape index (κ2) is 11.1. The Bertz CT molecular complexity index is 637. The van der Waals surface area contributed by atoms with Crippen molar-refractivity contribution in [1.82, 2.24) is 20.4 Å². The number of piperidine rings is 1. The molecule has 3 rings (SSSR count). The van der Waals surface area contributed by atoms with Crippen molar-refractivity contribution in [3.05, 3.63) is 35.4 Å². The number of nitrogens with one attached hydrogen (secondary N) is 2. The van der Waals surface area contributed by atoms with E-state index in [4.69, 9.17) is 4.99 Å². The summed E-state index contributed by atoms with van der Waals surface area (Å²) in [5.41, 5.74) is 2.37. The molecule has 0 spiro atoms. The Kier molecular flexibility index (Phi) is 8.15. The highest BCUT2D eigenvalue weighted by molar-refractivity contribution is 5.79. The number of benzene rings is 1. The summed E-state index contributed by atoms with van der Waals surface area (Å²) >= 11 is 0. The molecule has 2 aliphatic heterocycles. The topological polar surface area (TPSA) is 60.0 Å². The van der Waals surface area contributed by atoms with Gasteiger partial charge in [-0.3, -0.25) is 4.79 Å². The Labute approximate surface area is 169 Å². The minimum absolute atomic E-state index is 0.277. The van der Waals surface area contributed by atoms with Crippen LogP contribution in [0, 0.1) is 0 Å². The lowest BCUT2D eigenvalue weighted by atomic mass is 10.1. The maximum atomic E-state index is 11.8. The molecule has 6 heteroatoms. The fraction of sp³-hybridized carbons (Fsp3) is 0.636. The first-order chi connectivity index (χ1) is 13.7. The molecule has 6 nitrogen and oxygen atoms in total. The molecule has 0 saturated carbocycles. The number of hydrogen-bond donors (Lipinski definition) is 2. The van der Waals surface area contributed by atoms with E-state index >= 15 is 0 Å². The lowest BCUT2D eigenvalue weighted by molar-refractivity contribution is -0.128. The van der Waals surface area contributed by atoms with E-state index in [0.717, 1.165) is 45.1 Å². The van der Waals surface area contributed by atoms with Crippen molar-refractivity contribution in [3.63, 3.8) is 0 Å². The van der Waals surface area contributed by atoms with E-state index in [1.54, 1.807) is 0 Å². The lowest BCUT2D eigenvalue weighted by Crippen LogP contribution is -2.42. The summed E-state index contributed by atoms with van der Waals surface area (Å²) in [6.45, 7) is 9.68. The van der Waals surface area contributed by atoms with E-state index in [-0.39, 0.29) is 5.91 Å². The standard InChI is InChI=1S/C22H35N5O/c1-2-23-22(24-12-16-26-13-4-3-5-14-26)25-17-19-8-10-20(11-9-19)18-27-15-6-7-21(27)28/h8-11H,2-7,12-18H2,1H3,(H2,23,24,25). The predicted molar refractivity (Wildman–Crippen MR) is 114 cm³/mol. The molecule has 2 N–H and O–H groups in total. The van der Waals surface area contributed by atoms with Crippen molar-refractivity contribution in [2.24, 2.45) is 4.99 Å². The zero-order chi connectivity index (χ0) is 19.6. The molecule has 0 bridgehead atoms. The Balaban J connectivity index is 1.45. The molecule has 0 atom stereocenters. The van der Waals surface area contributed by atoms with Crippen molar-refractivity contribution in [2.75, 3.05) is 39.3 Å². The van der Waals surface area contributed by atoms with E-state index in [9.17, 15) is 4.79 Å². The Hall–Kier alpha value is -2.08. The van der Waals surface area contributed by atoms with Gasteiger partial charge in [0.25, 0.3) is 0 Å². The third-order valence-corrected chi connectivity index (χ3v) is 5.50. The first kappa shape index (κ1) is 20.6. The predicted octanol–water partition coefficient (Wildman–Crippen LogP) is 2.35. The minimum Gasteiger partial charge on any atom is -0.357 e. The van der Waals surface area contributed by atoms with Gasteiger partial charge in [0.15, 0.2) is 5.96 Å². The van der Waals surface area contributed by atoms with Crippen LogP contribution in [0.15, 0.2) is 29.3 Å². The Morgan fingerprint density at radius 2 is 1.75 bits per heavy atom. The molecule has 28 heavy (non-hydrogen) atoms. The van der Waals surface area contributed by atoms with Crippen LogP contribution in [0.4, 0.5) is 0 Å². The van der Waals surface area contributed by atoms with Gasteiger partial charge in [-0.05, 0) is 50.4 Å². The van der Waals surface area contributed by atoms with E-state index in [0.29, 0.717) is 13.0 Å². The van der Waals surface area contributed by atoms with Gasteiger partial charge in [-0.2, -0.15) is 0 Å². The largest absolute Gasteiger partial charge is 0.357 e. The summed E-state index contributed by atoms with van der Waals surface area (Å²) < 4.78 is 0. The summed E-state index contributed by atoms with van der Waals surface area (Å²) in [5.74, 6) is 1.16. The average Bonchev–Trinajstić information content (AvgIpc) is 3.12. The molecule has 2 heterocycles. The summed E-state index contributed by atoms with van der Waals surface area (Å²) in [4.78, 5) is 21.0. The zero-order valence-electron chi connectivity index (χ0n) is 17.3. The molecule has 2 saturated heterocycles. The van der Waals surface area contributed by atoms with Gasteiger partial charge >= 0.3 is 0 Å². The van der Waals surface area contributed by atoms with Crippen molar-refractivity contribution in [3.8, 4) is 0 Å². The molecule has 2 aliphatic rings. The third kappa shape index (κ3) is 6.51. The highest BCUT2D eigenvalue weighted by Crippen LogP contribution is 2.15. The highest BCUT2D eigenvalue weighted by Gasteiger charge is 2.19. The van der Waals surface area contributed by atoms with Crippen LogP contribution in [0.5, 0.6) is 0 Å². The van der Waals surface area contributed by atoms with Crippen LogP contribution >= 0.6 is 0 Å². The monoisotopic (exact) mass is 385 g/mol. The number of carbonyl (C=O) groups excluding carboxylic acids is 1. The molecule has 154 valence electrons. The molecule has 0 aliphatic carbocycles. The smallest absolute Gasteiger partial charge is 0.222 e. The van der Waals surface area contributed by atoms with Gasteiger partial charge in [-0.15, -0.1) is 0 Å². The van der Waals surface area contributed by atoms with Gasteiger partial charge in [-0.25, -0.2) is 4.99 Å². The van der Waals surface area contributed by atoms with Crippen molar-refractivity contribution in [2.45, 2.75) is 52.1 Å². The second-order valence-corrected chi connectivity index (χ2v) is 7.76. The van der Waals surface area contributed by atoms with Crippen molar-refractivity contribution in [1.29, 1.82) is 0 Å². The quantitative estimate of drug-likeness (QED) is 0.533. The molecule has 1 amide bonds. The van der Waals surface area contributed by atoms with Crippen LogP contribution in [0.1, 0.15) is 50.2 Å². The number of amides is 1. The molecular weight excluding hydrogens is 350 g/mol. The molecule has 2 fully saturated rings. The number of likely N-dealkylation sites (tertiary alicyclic amines) is 2. The third-order valence-electron chi connectivity index (χ3n) is 5.50. The van der Waals surface area contributed by atoms with Crippen LogP contribution in [0.3, 0.4) is 0 Å². The molecule has 0 aromatic heterocycles. The second-order valence-electron chi connectivity index (χ2n) is 7.76. The van der Waals surface area contributed by atoms with Gasteiger partial charge in [0, 0.05) is 39.1 Å². The normalized spacial score (nSPS) is 18.5. The zero-order valence-corrected chi connectivity index (χ0v) is 17.3. The summed E-state index contributed by atoms with van der Waals surface area (Å²) in [6, 6.07) is 8.48. The van der Waals surface area contributed by atoms with Gasteiger partial charge < -0.3 is 20.4 Å². The van der Waals surface area contributed by atoms with Gasteiger partial charge in [0.1, 0.15) is 0 Å². The van der Waals surface area contributed by atoms with E-state index in [2.05, 4.69) is 46.7 Å². The Morgan fingerprint density at radius 3 is 2.43 bits per heavy atom. The van der Waals surface area contributed by atoms with Crippen LogP contribution in [-0.4, -0.2) is 60.9 Å². The van der Waals surface area contributed by atoms with Gasteiger partial charge in [-0.1, -0.05) is 30.7 Å². The number of guanidine groups is 1. The number of aliphatic imine (C=N–C) groups is 1. The Morgan fingerprint density at radius 1 is 1.00 bits per heavy atom.